The summed E-state index contributed by atoms with van der Waals surface area (Å²) in [4.78, 5) is 4.52. The molecule has 0 unspecified atom stereocenters. The van der Waals surface area contributed by atoms with Crippen molar-refractivity contribution in [2.24, 2.45) is 4.99 Å². The number of hydrogen-bond acceptors (Lipinski definition) is 4. The number of hydrogen-bond donors (Lipinski definition) is 1. The van der Waals surface area contributed by atoms with Crippen LogP contribution in [0.5, 0.6) is 0 Å². The van der Waals surface area contributed by atoms with Gasteiger partial charge in [0, 0.05) is 16.1 Å². The second-order valence-electron chi connectivity index (χ2n) is 7.32. The quantitative estimate of drug-likeness (QED) is 0.383. The Bertz CT molecular complexity index is 1170. The summed E-state index contributed by atoms with van der Waals surface area (Å²) in [5.41, 5.74) is 0.155. The van der Waals surface area contributed by atoms with Crippen molar-refractivity contribution >= 4 is 17.3 Å². The fourth-order valence-corrected chi connectivity index (χ4v) is 3.96. The summed E-state index contributed by atoms with van der Waals surface area (Å²) in [6.07, 6.45) is -0.959. The van der Waals surface area contributed by atoms with Gasteiger partial charge in [-0.1, -0.05) is 41.9 Å². The fourth-order valence-electron chi connectivity index (χ4n) is 3.73. The Morgan fingerprint density at radius 1 is 1.12 bits per heavy atom. The zero-order valence-corrected chi connectivity index (χ0v) is 17.9. The number of benzene rings is 2. The molecule has 1 aliphatic rings. The molecule has 0 saturated carbocycles. The van der Waals surface area contributed by atoms with E-state index >= 15 is 0 Å². The predicted octanol–water partition coefficient (Wildman–Crippen LogP) is 5.35. The van der Waals surface area contributed by atoms with E-state index in [0.717, 1.165) is 25.5 Å². The Balaban J connectivity index is 1.85. The molecule has 0 aliphatic carbocycles. The highest BCUT2D eigenvalue weighted by Crippen LogP contribution is 2.38. The predicted molar refractivity (Wildman–Crippen MR) is 118 cm³/mol. The van der Waals surface area contributed by atoms with E-state index in [1.807, 2.05) is 6.08 Å². The molecule has 0 spiro atoms. The van der Waals surface area contributed by atoms with Crippen molar-refractivity contribution in [1.82, 2.24) is 20.1 Å². The highest BCUT2D eigenvalue weighted by atomic mass is 35.5. The van der Waals surface area contributed by atoms with E-state index in [1.54, 1.807) is 34.9 Å². The van der Waals surface area contributed by atoms with E-state index in [-0.39, 0.29) is 17.8 Å². The Labute approximate surface area is 188 Å². The van der Waals surface area contributed by atoms with Crippen molar-refractivity contribution in [3.63, 3.8) is 0 Å². The molecule has 166 valence electrons. The number of alkyl halides is 3. The number of nitrogens with zero attached hydrogens (tertiary/aromatic N) is 4. The summed E-state index contributed by atoms with van der Waals surface area (Å²) in [6.45, 7) is 4.87. The molecular formula is C23H21ClF3N5. The normalized spacial score (nSPS) is 13.2. The third-order valence-corrected chi connectivity index (χ3v) is 5.50. The van der Waals surface area contributed by atoms with E-state index in [1.165, 1.54) is 6.07 Å². The van der Waals surface area contributed by atoms with Crippen LogP contribution in [0.3, 0.4) is 0 Å². The SMILES string of the molecule is C=CCCCNCc1nnc2n1-c1cccc(C(F)(F)F)c1C(c1ccccc1Cl)=NC2. The first kappa shape index (κ1) is 22.2. The molecule has 3 aromatic rings. The second-order valence-corrected chi connectivity index (χ2v) is 7.72. The highest BCUT2D eigenvalue weighted by molar-refractivity contribution is 6.35. The summed E-state index contributed by atoms with van der Waals surface area (Å²) in [7, 11) is 0. The molecule has 32 heavy (non-hydrogen) atoms. The number of unbranched alkanes of at least 4 members (excludes halogenated alkanes) is 1. The van der Waals surface area contributed by atoms with Crippen LogP contribution in [0.2, 0.25) is 5.02 Å². The molecule has 5 nitrogen and oxygen atoms in total. The molecule has 9 heteroatoms. The van der Waals surface area contributed by atoms with Gasteiger partial charge in [-0.2, -0.15) is 13.2 Å². The van der Waals surface area contributed by atoms with Gasteiger partial charge < -0.3 is 5.32 Å². The standard InChI is InChI=1S/C23H21ClF3N5/c1-2-3-6-12-28-13-19-30-31-20-14-29-22(15-8-4-5-10-17(15)24)21-16(23(25,26)27)9-7-11-18(21)32(19)20/h2,4-5,7-11,28H,1,3,6,12-14H2. The third-order valence-electron chi connectivity index (χ3n) is 5.18. The summed E-state index contributed by atoms with van der Waals surface area (Å²) in [6, 6.07) is 10.9. The van der Waals surface area contributed by atoms with Gasteiger partial charge in [0.15, 0.2) is 11.6 Å². The Morgan fingerprint density at radius 2 is 1.94 bits per heavy atom. The summed E-state index contributed by atoms with van der Waals surface area (Å²) in [5.74, 6) is 0.991. The average Bonchev–Trinajstić information content (AvgIpc) is 3.08. The van der Waals surface area contributed by atoms with Gasteiger partial charge in [0.2, 0.25) is 0 Å². The van der Waals surface area contributed by atoms with Gasteiger partial charge in [-0.25, -0.2) is 0 Å². The number of rotatable bonds is 7. The fraction of sp³-hybridized carbons (Fsp3) is 0.261. The van der Waals surface area contributed by atoms with Crippen LogP contribution < -0.4 is 5.32 Å². The van der Waals surface area contributed by atoms with Gasteiger partial charge in [-0.05, 0) is 37.6 Å². The first-order valence-electron chi connectivity index (χ1n) is 10.2. The van der Waals surface area contributed by atoms with E-state index in [9.17, 15) is 13.2 Å². The Morgan fingerprint density at radius 3 is 2.69 bits per heavy atom. The van der Waals surface area contributed by atoms with Crippen LogP contribution in [0.15, 0.2) is 60.1 Å². The molecule has 0 saturated heterocycles. The summed E-state index contributed by atoms with van der Waals surface area (Å²) in [5, 5.41) is 12.0. The molecule has 0 fully saturated rings. The number of aromatic nitrogens is 3. The van der Waals surface area contributed by atoms with Crippen LogP contribution in [-0.4, -0.2) is 27.0 Å². The third kappa shape index (κ3) is 4.33. The van der Waals surface area contributed by atoms with Crippen molar-refractivity contribution in [3.8, 4) is 5.69 Å². The number of fused-ring (bicyclic) bond motifs is 3. The highest BCUT2D eigenvalue weighted by Gasteiger charge is 2.38. The lowest BCUT2D eigenvalue weighted by Gasteiger charge is -2.19. The van der Waals surface area contributed by atoms with E-state index in [2.05, 4.69) is 27.1 Å². The maximum Gasteiger partial charge on any atom is 0.417 e. The van der Waals surface area contributed by atoms with Crippen LogP contribution in [0, 0.1) is 0 Å². The molecule has 0 atom stereocenters. The zero-order chi connectivity index (χ0) is 22.7. The maximum atomic E-state index is 14.1. The minimum atomic E-state index is -4.57. The molecule has 2 heterocycles. The number of halogens is 4. The van der Waals surface area contributed by atoms with Crippen LogP contribution in [0.4, 0.5) is 13.2 Å². The largest absolute Gasteiger partial charge is 0.417 e. The smallest absolute Gasteiger partial charge is 0.310 e. The van der Waals surface area contributed by atoms with Gasteiger partial charge in [0.25, 0.3) is 0 Å². The van der Waals surface area contributed by atoms with Crippen molar-refractivity contribution in [2.45, 2.75) is 32.1 Å². The van der Waals surface area contributed by atoms with Crippen molar-refractivity contribution in [2.75, 3.05) is 6.54 Å². The molecular weight excluding hydrogens is 439 g/mol. The van der Waals surface area contributed by atoms with Gasteiger partial charge in [-0.3, -0.25) is 9.56 Å². The van der Waals surface area contributed by atoms with Crippen LogP contribution in [0.25, 0.3) is 5.69 Å². The molecule has 1 aliphatic heterocycles. The minimum Gasteiger partial charge on any atom is -0.310 e. The van der Waals surface area contributed by atoms with Crippen LogP contribution in [-0.2, 0) is 19.3 Å². The molecule has 1 N–H and O–H groups in total. The van der Waals surface area contributed by atoms with E-state index < -0.39 is 11.7 Å². The Kier molecular flexibility index (Phi) is 6.43. The van der Waals surface area contributed by atoms with Gasteiger partial charge >= 0.3 is 6.18 Å². The number of allylic oxidation sites excluding steroid dienone is 1. The van der Waals surface area contributed by atoms with Crippen LogP contribution in [0.1, 0.15) is 41.2 Å². The lowest BCUT2D eigenvalue weighted by molar-refractivity contribution is -0.137. The van der Waals surface area contributed by atoms with Gasteiger partial charge in [0.05, 0.1) is 23.5 Å². The zero-order valence-electron chi connectivity index (χ0n) is 17.2. The van der Waals surface area contributed by atoms with E-state index in [4.69, 9.17) is 11.6 Å². The molecule has 1 aromatic heterocycles. The van der Waals surface area contributed by atoms with Crippen molar-refractivity contribution in [1.29, 1.82) is 0 Å². The molecule has 4 rings (SSSR count). The first-order chi connectivity index (χ1) is 15.4. The average molecular weight is 460 g/mol. The summed E-state index contributed by atoms with van der Waals surface area (Å²) >= 11 is 6.36. The molecule has 0 radical (unpaired) electrons. The first-order valence-corrected chi connectivity index (χ1v) is 10.5. The minimum absolute atomic E-state index is 0.0282. The Hall–Kier alpha value is -2.97. The topological polar surface area (TPSA) is 55.1 Å². The van der Waals surface area contributed by atoms with Crippen LogP contribution >= 0.6 is 11.6 Å². The monoisotopic (exact) mass is 459 g/mol. The van der Waals surface area contributed by atoms with Gasteiger partial charge in [0.1, 0.15) is 6.54 Å². The lowest BCUT2D eigenvalue weighted by atomic mass is 9.95. The van der Waals surface area contributed by atoms with Gasteiger partial charge in [-0.15, -0.1) is 16.8 Å². The maximum absolute atomic E-state index is 14.1. The number of aliphatic imine (C=N–C) groups is 1. The van der Waals surface area contributed by atoms with E-state index in [0.29, 0.717) is 34.5 Å². The van der Waals surface area contributed by atoms with Crippen molar-refractivity contribution < 1.29 is 13.2 Å². The summed E-state index contributed by atoms with van der Waals surface area (Å²) < 4.78 is 43.9. The number of nitrogens with one attached hydrogen (secondary N) is 1. The molecule has 0 bridgehead atoms. The molecule has 0 amide bonds. The second kappa shape index (κ2) is 9.26. The lowest BCUT2D eigenvalue weighted by Crippen LogP contribution is -2.20. The molecule has 2 aromatic carbocycles. The van der Waals surface area contributed by atoms with Crippen molar-refractivity contribution in [3.05, 3.63) is 88.5 Å².